The lowest BCUT2D eigenvalue weighted by molar-refractivity contribution is -0.123. The normalized spacial score (nSPS) is 23.8. The maximum Gasteiger partial charge on any atom is 0.322 e. The van der Waals surface area contributed by atoms with Crippen molar-refractivity contribution in [2.24, 2.45) is 0 Å². The molecule has 2 aromatic rings. The van der Waals surface area contributed by atoms with E-state index in [-0.39, 0.29) is 5.91 Å². The van der Waals surface area contributed by atoms with Crippen molar-refractivity contribution in [2.45, 2.75) is 12.5 Å². The third-order valence-electron chi connectivity index (χ3n) is 3.17. The van der Waals surface area contributed by atoms with Crippen molar-refractivity contribution in [1.82, 2.24) is 15.6 Å². The molecule has 5 heteroatoms. The summed E-state index contributed by atoms with van der Waals surface area (Å²) in [6, 6.07) is 7.21. The first-order chi connectivity index (χ1) is 8.11. The van der Waals surface area contributed by atoms with Gasteiger partial charge in [0.15, 0.2) is 0 Å². The van der Waals surface area contributed by atoms with Crippen molar-refractivity contribution in [1.29, 1.82) is 0 Å². The first-order valence-electron chi connectivity index (χ1n) is 5.31. The van der Waals surface area contributed by atoms with Crippen LogP contribution < -0.4 is 10.6 Å². The number of fused-ring (bicyclic) bond motifs is 1. The summed E-state index contributed by atoms with van der Waals surface area (Å²) < 4.78 is 0. The molecule has 0 radical (unpaired) electrons. The van der Waals surface area contributed by atoms with Gasteiger partial charge in [-0.3, -0.25) is 10.1 Å². The highest BCUT2D eigenvalue weighted by Crippen LogP contribution is 2.30. The highest BCUT2D eigenvalue weighted by Gasteiger charge is 2.44. The summed E-state index contributed by atoms with van der Waals surface area (Å²) in [6.07, 6.45) is 1.76. The van der Waals surface area contributed by atoms with E-state index in [0.717, 1.165) is 16.5 Å². The zero-order valence-corrected chi connectivity index (χ0v) is 9.20. The number of benzene rings is 1. The quantitative estimate of drug-likeness (QED) is 0.643. The van der Waals surface area contributed by atoms with Crippen molar-refractivity contribution in [3.05, 3.63) is 36.0 Å². The highest BCUT2D eigenvalue weighted by atomic mass is 16.2. The van der Waals surface area contributed by atoms with Crippen LogP contribution in [0.25, 0.3) is 10.9 Å². The van der Waals surface area contributed by atoms with Gasteiger partial charge < -0.3 is 10.3 Å². The van der Waals surface area contributed by atoms with Gasteiger partial charge in [0, 0.05) is 22.7 Å². The number of nitrogens with one attached hydrogen (secondary N) is 3. The second kappa shape index (κ2) is 3.10. The molecular weight excluding hydrogens is 218 g/mol. The summed E-state index contributed by atoms with van der Waals surface area (Å²) >= 11 is 0. The van der Waals surface area contributed by atoms with E-state index in [0.29, 0.717) is 0 Å². The summed E-state index contributed by atoms with van der Waals surface area (Å²) in [5.41, 5.74) is 0.713. The maximum atomic E-state index is 11.8. The van der Waals surface area contributed by atoms with Gasteiger partial charge in [-0.05, 0) is 13.0 Å². The van der Waals surface area contributed by atoms with E-state index in [2.05, 4.69) is 15.6 Å². The van der Waals surface area contributed by atoms with E-state index in [4.69, 9.17) is 0 Å². The number of hydrogen-bond donors (Lipinski definition) is 3. The minimum absolute atomic E-state index is 0.327. The van der Waals surface area contributed by atoms with Crippen LogP contribution in [0.1, 0.15) is 12.5 Å². The number of aromatic amines is 1. The Kier molecular flexibility index (Phi) is 1.80. The highest BCUT2D eigenvalue weighted by molar-refractivity contribution is 6.09. The fraction of sp³-hybridized carbons (Fsp3) is 0.167. The molecule has 1 aliphatic heterocycles. The van der Waals surface area contributed by atoms with Crippen molar-refractivity contribution in [3.63, 3.8) is 0 Å². The minimum atomic E-state index is -1.00. The van der Waals surface area contributed by atoms with Gasteiger partial charge in [0.1, 0.15) is 5.54 Å². The Morgan fingerprint density at radius 3 is 2.65 bits per heavy atom. The topological polar surface area (TPSA) is 74.0 Å². The Labute approximate surface area is 97.2 Å². The molecule has 1 unspecified atom stereocenters. The fourth-order valence-corrected chi connectivity index (χ4v) is 2.22. The van der Waals surface area contributed by atoms with Crippen LogP contribution in [0, 0.1) is 0 Å². The molecule has 0 aliphatic carbocycles. The van der Waals surface area contributed by atoms with Crippen molar-refractivity contribution < 1.29 is 9.59 Å². The van der Waals surface area contributed by atoms with E-state index in [1.54, 1.807) is 13.1 Å². The van der Waals surface area contributed by atoms with Crippen molar-refractivity contribution in [2.75, 3.05) is 0 Å². The molecule has 3 amide bonds. The first kappa shape index (κ1) is 9.89. The number of imide groups is 1. The molecular formula is C12H11N3O2. The maximum absolute atomic E-state index is 11.8. The summed E-state index contributed by atoms with van der Waals surface area (Å²) in [4.78, 5) is 26.2. The lowest BCUT2D eigenvalue weighted by Crippen LogP contribution is -2.40. The molecule has 0 bridgehead atoms. The number of aromatic nitrogens is 1. The second-order valence-electron chi connectivity index (χ2n) is 4.28. The number of H-pyrrole nitrogens is 1. The van der Waals surface area contributed by atoms with E-state index >= 15 is 0 Å². The lowest BCUT2D eigenvalue weighted by Gasteiger charge is -2.19. The Hall–Kier alpha value is -2.30. The Balaban J connectivity index is 2.22. The molecule has 1 aromatic carbocycles. The average molecular weight is 229 g/mol. The van der Waals surface area contributed by atoms with Crippen LogP contribution in [0.2, 0.25) is 0 Å². The van der Waals surface area contributed by atoms with E-state index < -0.39 is 11.6 Å². The molecule has 86 valence electrons. The van der Waals surface area contributed by atoms with Gasteiger partial charge in [-0.1, -0.05) is 18.2 Å². The zero-order chi connectivity index (χ0) is 12.0. The predicted molar refractivity (Wildman–Crippen MR) is 62.3 cm³/mol. The third-order valence-corrected chi connectivity index (χ3v) is 3.17. The molecule has 17 heavy (non-hydrogen) atoms. The molecule has 2 heterocycles. The number of carbonyl (C=O) groups excluding carboxylic acids is 2. The van der Waals surface area contributed by atoms with E-state index in [1.807, 2.05) is 24.3 Å². The van der Waals surface area contributed by atoms with Crippen LogP contribution in [0.3, 0.4) is 0 Å². The standard InChI is InChI=1S/C12H11N3O2/c1-12(10(16)14-11(17)15-12)8-6-13-9-5-3-2-4-7(8)9/h2-6,13H,1H3,(H2,14,15,16,17). The van der Waals surface area contributed by atoms with Gasteiger partial charge in [0.25, 0.3) is 5.91 Å². The molecule has 1 aliphatic rings. The number of hydrogen-bond acceptors (Lipinski definition) is 2. The summed E-state index contributed by atoms with van der Waals surface area (Å²) in [6.45, 7) is 1.70. The van der Waals surface area contributed by atoms with Gasteiger partial charge in [0.2, 0.25) is 0 Å². The van der Waals surface area contributed by atoms with Gasteiger partial charge in [0.05, 0.1) is 0 Å². The van der Waals surface area contributed by atoms with Crippen molar-refractivity contribution >= 4 is 22.8 Å². The number of carbonyl (C=O) groups is 2. The summed E-state index contributed by atoms with van der Waals surface area (Å²) in [7, 11) is 0. The zero-order valence-electron chi connectivity index (χ0n) is 9.20. The number of urea groups is 1. The Bertz CT molecular complexity index is 631. The molecule has 0 spiro atoms. The molecule has 1 saturated heterocycles. The van der Waals surface area contributed by atoms with Crippen LogP contribution in [-0.4, -0.2) is 16.9 Å². The molecule has 0 saturated carbocycles. The Morgan fingerprint density at radius 1 is 1.18 bits per heavy atom. The second-order valence-corrected chi connectivity index (χ2v) is 4.28. The van der Waals surface area contributed by atoms with Crippen LogP contribution in [0.5, 0.6) is 0 Å². The van der Waals surface area contributed by atoms with E-state index in [9.17, 15) is 9.59 Å². The van der Waals surface area contributed by atoms with Crippen LogP contribution in [-0.2, 0) is 10.3 Å². The number of amides is 3. The fourth-order valence-electron chi connectivity index (χ4n) is 2.22. The third kappa shape index (κ3) is 1.25. The monoisotopic (exact) mass is 229 g/mol. The summed E-state index contributed by atoms with van der Waals surface area (Å²) in [5.74, 6) is -0.327. The summed E-state index contributed by atoms with van der Waals surface area (Å²) in [5, 5.41) is 5.85. The molecule has 1 fully saturated rings. The molecule has 1 aromatic heterocycles. The molecule has 3 rings (SSSR count). The van der Waals surface area contributed by atoms with Gasteiger partial charge in [-0.25, -0.2) is 4.79 Å². The predicted octanol–water partition coefficient (Wildman–Crippen LogP) is 1.22. The van der Waals surface area contributed by atoms with Gasteiger partial charge in [-0.2, -0.15) is 0 Å². The van der Waals surface area contributed by atoms with Crippen LogP contribution >= 0.6 is 0 Å². The SMILES string of the molecule is CC1(c2c[nH]c3ccccc23)NC(=O)NC1=O. The van der Waals surface area contributed by atoms with Crippen LogP contribution in [0.4, 0.5) is 4.79 Å². The molecule has 3 N–H and O–H groups in total. The molecule has 1 atom stereocenters. The minimum Gasteiger partial charge on any atom is -0.361 e. The van der Waals surface area contributed by atoms with Gasteiger partial charge in [-0.15, -0.1) is 0 Å². The average Bonchev–Trinajstić information content (AvgIpc) is 2.81. The van der Waals surface area contributed by atoms with Gasteiger partial charge >= 0.3 is 6.03 Å². The Morgan fingerprint density at radius 2 is 1.94 bits per heavy atom. The first-order valence-corrected chi connectivity index (χ1v) is 5.31. The largest absolute Gasteiger partial charge is 0.361 e. The lowest BCUT2D eigenvalue weighted by atomic mass is 9.92. The number of rotatable bonds is 1. The van der Waals surface area contributed by atoms with E-state index in [1.165, 1.54) is 0 Å². The molecule has 5 nitrogen and oxygen atoms in total. The van der Waals surface area contributed by atoms with Crippen molar-refractivity contribution in [3.8, 4) is 0 Å². The number of para-hydroxylation sites is 1. The van der Waals surface area contributed by atoms with Crippen LogP contribution in [0.15, 0.2) is 30.5 Å². The smallest absolute Gasteiger partial charge is 0.322 e.